The Labute approximate surface area is 80.9 Å². The third-order valence-electron chi connectivity index (χ3n) is 1.42. The first-order valence-electron chi connectivity index (χ1n) is 3.31. The van der Waals surface area contributed by atoms with E-state index in [4.69, 9.17) is 0 Å². The van der Waals surface area contributed by atoms with Crippen LogP contribution in [0.5, 0.6) is 5.75 Å². The van der Waals surface area contributed by atoms with E-state index in [0.29, 0.717) is 0 Å². The molecule has 0 aliphatic carbocycles. The summed E-state index contributed by atoms with van der Waals surface area (Å²) in [5.41, 5.74) is -1.09. The molecule has 0 bridgehead atoms. The van der Waals surface area contributed by atoms with Gasteiger partial charge in [0.1, 0.15) is 0 Å². The molecule has 0 spiro atoms. The van der Waals surface area contributed by atoms with Gasteiger partial charge in [-0.1, -0.05) is 0 Å². The maximum Gasteiger partial charge on any atom is 0.291 e. The molecule has 0 atom stereocenters. The highest BCUT2D eigenvalue weighted by molar-refractivity contribution is 9.10. The molecule has 13 heavy (non-hydrogen) atoms. The predicted octanol–water partition coefficient (Wildman–Crippen LogP) is 2.08. The molecule has 0 saturated carbocycles. The van der Waals surface area contributed by atoms with E-state index in [1.807, 2.05) is 0 Å². The van der Waals surface area contributed by atoms with Crippen molar-refractivity contribution in [1.82, 2.24) is 4.98 Å². The Morgan fingerprint density at radius 2 is 2.23 bits per heavy atom. The number of halogens is 3. The normalized spacial score (nSPS) is 10.5. The van der Waals surface area contributed by atoms with E-state index in [0.717, 1.165) is 6.07 Å². The van der Waals surface area contributed by atoms with Gasteiger partial charge in [-0.15, -0.1) is 0 Å². The Hall–Kier alpha value is -0.910. The number of pyridine rings is 1. The SMILES string of the molecule is COc1c(C(F)F)cc(Br)[nH]c1=O. The van der Waals surface area contributed by atoms with Gasteiger partial charge in [0.2, 0.25) is 0 Å². The average molecular weight is 254 g/mol. The number of H-pyrrole nitrogens is 1. The van der Waals surface area contributed by atoms with Crippen LogP contribution in [0.4, 0.5) is 8.78 Å². The van der Waals surface area contributed by atoms with Crippen molar-refractivity contribution in [3.05, 3.63) is 26.6 Å². The fourth-order valence-electron chi connectivity index (χ4n) is 0.907. The van der Waals surface area contributed by atoms with Crippen LogP contribution < -0.4 is 10.3 Å². The third-order valence-corrected chi connectivity index (χ3v) is 1.85. The zero-order chi connectivity index (χ0) is 10.0. The van der Waals surface area contributed by atoms with E-state index in [2.05, 4.69) is 25.7 Å². The van der Waals surface area contributed by atoms with Gasteiger partial charge in [-0.25, -0.2) is 8.78 Å². The van der Waals surface area contributed by atoms with Crippen molar-refractivity contribution in [3.8, 4) is 5.75 Å². The van der Waals surface area contributed by atoms with E-state index in [1.165, 1.54) is 7.11 Å². The lowest BCUT2D eigenvalue weighted by molar-refractivity contribution is 0.146. The minimum Gasteiger partial charge on any atom is -0.491 e. The summed E-state index contributed by atoms with van der Waals surface area (Å²) >= 11 is 2.90. The number of rotatable bonds is 2. The van der Waals surface area contributed by atoms with Crippen molar-refractivity contribution in [2.75, 3.05) is 7.11 Å². The summed E-state index contributed by atoms with van der Waals surface area (Å²) in [5.74, 6) is -0.349. The summed E-state index contributed by atoms with van der Waals surface area (Å²) in [6.07, 6.45) is -2.73. The highest BCUT2D eigenvalue weighted by atomic mass is 79.9. The molecular formula is C7H6BrF2NO2. The monoisotopic (exact) mass is 253 g/mol. The molecule has 1 aromatic heterocycles. The van der Waals surface area contributed by atoms with Crippen LogP contribution in [0.25, 0.3) is 0 Å². The second kappa shape index (κ2) is 3.87. The average Bonchev–Trinajstić information content (AvgIpc) is 2.02. The molecule has 1 heterocycles. The molecule has 3 nitrogen and oxygen atoms in total. The van der Waals surface area contributed by atoms with Crippen molar-refractivity contribution in [1.29, 1.82) is 0 Å². The number of ether oxygens (including phenoxy) is 1. The zero-order valence-electron chi connectivity index (χ0n) is 6.61. The van der Waals surface area contributed by atoms with Crippen molar-refractivity contribution in [2.24, 2.45) is 0 Å². The molecule has 0 radical (unpaired) electrons. The molecule has 0 aliphatic rings. The molecule has 0 unspecified atom stereocenters. The maximum atomic E-state index is 12.3. The Morgan fingerprint density at radius 3 is 2.69 bits per heavy atom. The zero-order valence-corrected chi connectivity index (χ0v) is 8.19. The number of aromatic amines is 1. The fourth-order valence-corrected chi connectivity index (χ4v) is 1.33. The molecular weight excluding hydrogens is 248 g/mol. The second-order valence-electron chi connectivity index (χ2n) is 2.24. The second-order valence-corrected chi connectivity index (χ2v) is 3.09. The highest BCUT2D eigenvalue weighted by Gasteiger charge is 2.17. The molecule has 0 saturated heterocycles. The Bertz CT molecular complexity index is 364. The summed E-state index contributed by atoms with van der Waals surface area (Å²) < 4.78 is 29.4. The standard InChI is InChI=1S/C7H6BrF2NO2/c1-13-5-3(6(9)10)2-4(8)11-7(5)12/h2,6H,1H3,(H,11,12). The topological polar surface area (TPSA) is 42.1 Å². The van der Waals surface area contributed by atoms with Gasteiger partial charge in [0.15, 0.2) is 5.75 Å². The number of alkyl halides is 2. The molecule has 0 fully saturated rings. The van der Waals surface area contributed by atoms with Gasteiger partial charge in [0.05, 0.1) is 17.3 Å². The minimum atomic E-state index is -2.73. The summed E-state index contributed by atoms with van der Waals surface area (Å²) in [6, 6.07) is 1.12. The predicted molar refractivity (Wildman–Crippen MR) is 46.3 cm³/mol. The Morgan fingerprint density at radius 1 is 1.62 bits per heavy atom. The number of hydrogen-bond donors (Lipinski definition) is 1. The van der Waals surface area contributed by atoms with Crippen LogP contribution in [-0.4, -0.2) is 12.1 Å². The summed E-state index contributed by atoms with van der Waals surface area (Å²) in [4.78, 5) is 13.3. The van der Waals surface area contributed by atoms with E-state index in [-0.39, 0.29) is 10.4 Å². The van der Waals surface area contributed by atoms with E-state index in [9.17, 15) is 13.6 Å². The van der Waals surface area contributed by atoms with E-state index >= 15 is 0 Å². The van der Waals surface area contributed by atoms with Crippen molar-refractivity contribution in [2.45, 2.75) is 6.43 Å². The number of hydrogen-bond acceptors (Lipinski definition) is 2. The smallest absolute Gasteiger partial charge is 0.291 e. The molecule has 0 aromatic carbocycles. The molecule has 0 aliphatic heterocycles. The van der Waals surface area contributed by atoms with Crippen LogP contribution >= 0.6 is 15.9 Å². The lowest BCUT2D eigenvalue weighted by Gasteiger charge is -2.06. The van der Waals surface area contributed by atoms with Gasteiger partial charge in [-0.05, 0) is 22.0 Å². The summed E-state index contributed by atoms with van der Waals surface area (Å²) in [5, 5.41) is 0. The first-order chi connectivity index (χ1) is 6.06. The van der Waals surface area contributed by atoms with Crippen molar-refractivity contribution >= 4 is 15.9 Å². The van der Waals surface area contributed by atoms with Gasteiger partial charge in [-0.3, -0.25) is 4.79 Å². The number of aromatic nitrogens is 1. The van der Waals surface area contributed by atoms with Crippen LogP contribution in [0, 0.1) is 0 Å². The molecule has 1 aromatic rings. The van der Waals surface area contributed by atoms with Crippen LogP contribution in [-0.2, 0) is 0 Å². The quantitative estimate of drug-likeness (QED) is 0.821. The molecule has 0 amide bonds. The Balaban J connectivity index is 3.38. The summed E-state index contributed by atoms with van der Waals surface area (Å²) in [6.45, 7) is 0. The Kier molecular flexibility index (Phi) is 3.02. The van der Waals surface area contributed by atoms with Gasteiger partial charge < -0.3 is 9.72 Å². The fraction of sp³-hybridized carbons (Fsp3) is 0.286. The van der Waals surface area contributed by atoms with Crippen molar-refractivity contribution in [3.63, 3.8) is 0 Å². The van der Waals surface area contributed by atoms with Crippen LogP contribution in [0.15, 0.2) is 15.5 Å². The molecule has 72 valence electrons. The molecule has 1 rings (SSSR count). The van der Waals surface area contributed by atoms with Gasteiger partial charge >= 0.3 is 0 Å². The van der Waals surface area contributed by atoms with Gasteiger partial charge in [0, 0.05) is 0 Å². The van der Waals surface area contributed by atoms with Gasteiger partial charge in [-0.2, -0.15) is 0 Å². The molecule has 1 N–H and O–H groups in total. The number of nitrogens with one attached hydrogen (secondary N) is 1. The lowest BCUT2D eigenvalue weighted by atomic mass is 10.2. The first-order valence-corrected chi connectivity index (χ1v) is 4.10. The van der Waals surface area contributed by atoms with Gasteiger partial charge in [0.25, 0.3) is 12.0 Å². The summed E-state index contributed by atoms with van der Waals surface area (Å²) in [7, 11) is 1.17. The van der Waals surface area contributed by atoms with Crippen LogP contribution in [0.2, 0.25) is 0 Å². The third kappa shape index (κ3) is 2.06. The lowest BCUT2D eigenvalue weighted by Crippen LogP contribution is -2.12. The molecule has 6 heteroatoms. The van der Waals surface area contributed by atoms with E-state index in [1.54, 1.807) is 0 Å². The van der Waals surface area contributed by atoms with Crippen LogP contribution in [0.1, 0.15) is 12.0 Å². The van der Waals surface area contributed by atoms with Crippen molar-refractivity contribution < 1.29 is 13.5 Å². The first kappa shape index (κ1) is 10.2. The van der Waals surface area contributed by atoms with Crippen LogP contribution in [0.3, 0.4) is 0 Å². The maximum absolute atomic E-state index is 12.3. The largest absolute Gasteiger partial charge is 0.491 e. The minimum absolute atomic E-state index is 0.202. The van der Waals surface area contributed by atoms with E-state index < -0.39 is 17.5 Å². The highest BCUT2D eigenvalue weighted by Crippen LogP contribution is 2.27. The number of methoxy groups -OCH3 is 1.